The van der Waals surface area contributed by atoms with Gasteiger partial charge in [0, 0.05) is 32.0 Å². The minimum atomic E-state index is -0.399. The molecule has 5 heteroatoms. The van der Waals surface area contributed by atoms with Crippen molar-refractivity contribution in [3.05, 3.63) is 53.5 Å². The van der Waals surface area contributed by atoms with Gasteiger partial charge in [-0.25, -0.2) is 9.37 Å². The van der Waals surface area contributed by atoms with Crippen molar-refractivity contribution in [3.8, 4) is 11.6 Å². The van der Waals surface area contributed by atoms with Crippen LogP contribution in [0, 0.1) is 12.7 Å². The Labute approximate surface area is 123 Å². The molecule has 21 heavy (non-hydrogen) atoms. The number of benzene rings is 1. The maximum absolute atomic E-state index is 13.8. The number of halogens is 1. The molecule has 0 saturated carbocycles. The van der Waals surface area contributed by atoms with Crippen molar-refractivity contribution in [2.24, 2.45) is 0 Å². The number of rotatable bonds is 7. The van der Waals surface area contributed by atoms with E-state index in [1.165, 1.54) is 6.07 Å². The molecule has 0 atom stereocenters. The molecule has 0 saturated heterocycles. The fourth-order valence-corrected chi connectivity index (χ4v) is 1.84. The van der Waals surface area contributed by atoms with Gasteiger partial charge in [-0.1, -0.05) is 12.1 Å². The van der Waals surface area contributed by atoms with Gasteiger partial charge in [-0.15, -0.1) is 0 Å². The molecule has 112 valence electrons. The van der Waals surface area contributed by atoms with Crippen LogP contribution in [0.4, 0.5) is 4.39 Å². The van der Waals surface area contributed by atoms with Gasteiger partial charge in [0.2, 0.25) is 5.88 Å². The van der Waals surface area contributed by atoms with Crippen molar-refractivity contribution in [1.29, 1.82) is 0 Å². The van der Waals surface area contributed by atoms with Gasteiger partial charge in [-0.05, 0) is 30.7 Å². The minimum absolute atomic E-state index is 0.187. The van der Waals surface area contributed by atoms with Crippen molar-refractivity contribution in [3.63, 3.8) is 0 Å². The zero-order chi connectivity index (χ0) is 15.1. The van der Waals surface area contributed by atoms with E-state index in [0.717, 1.165) is 17.7 Å². The Morgan fingerprint density at radius 1 is 1.29 bits per heavy atom. The topological polar surface area (TPSA) is 43.4 Å². The minimum Gasteiger partial charge on any atom is -0.436 e. The number of methoxy groups -OCH3 is 1. The predicted molar refractivity (Wildman–Crippen MR) is 79.0 cm³/mol. The Bertz CT molecular complexity index is 590. The third-order valence-electron chi connectivity index (χ3n) is 2.94. The summed E-state index contributed by atoms with van der Waals surface area (Å²) < 4.78 is 24.4. The van der Waals surface area contributed by atoms with Crippen LogP contribution in [0.25, 0.3) is 0 Å². The number of hydrogen-bond donors (Lipinski definition) is 1. The van der Waals surface area contributed by atoms with Crippen LogP contribution in [0.5, 0.6) is 11.6 Å². The van der Waals surface area contributed by atoms with E-state index in [0.29, 0.717) is 19.0 Å². The highest BCUT2D eigenvalue weighted by molar-refractivity contribution is 5.35. The number of aryl methyl sites for hydroxylation is 1. The number of hydrogen-bond acceptors (Lipinski definition) is 4. The Kier molecular flexibility index (Phi) is 5.66. The first-order valence-corrected chi connectivity index (χ1v) is 6.78. The van der Waals surface area contributed by atoms with E-state index in [1.807, 2.05) is 19.1 Å². The van der Waals surface area contributed by atoms with Gasteiger partial charge in [-0.2, -0.15) is 0 Å². The van der Waals surface area contributed by atoms with E-state index < -0.39 is 5.82 Å². The van der Waals surface area contributed by atoms with Crippen LogP contribution in [-0.4, -0.2) is 25.2 Å². The average Bonchev–Trinajstić information content (AvgIpc) is 2.49. The molecule has 4 nitrogen and oxygen atoms in total. The molecule has 0 unspecified atom stereocenters. The molecule has 0 aliphatic rings. The van der Waals surface area contributed by atoms with E-state index in [4.69, 9.17) is 9.47 Å². The summed E-state index contributed by atoms with van der Waals surface area (Å²) in [6, 6.07) is 8.48. The van der Waals surface area contributed by atoms with Crippen LogP contribution < -0.4 is 10.1 Å². The maximum atomic E-state index is 13.8. The van der Waals surface area contributed by atoms with Crippen LogP contribution in [0.2, 0.25) is 0 Å². The highest BCUT2D eigenvalue weighted by Gasteiger charge is 2.09. The van der Waals surface area contributed by atoms with Crippen LogP contribution in [-0.2, 0) is 11.3 Å². The summed E-state index contributed by atoms with van der Waals surface area (Å²) in [4.78, 5) is 4.18. The van der Waals surface area contributed by atoms with Gasteiger partial charge in [0.1, 0.15) is 0 Å². The fourth-order valence-electron chi connectivity index (χ4n) is 1.84. The van der Waals surface area contributed by atoms with Crippen LogP contribution in [0.1, 0.15) is 11.1 Å². The molecule has 1 aromatic carbocycles. The summed E-state index contributed by atoms with van der Waals surface area (Å²) in [7, 11) is 1.65. The lowest BCUT2D eigenvalue weighted by atomic mass is 10.2. The maximum Gasteiger partial charge on any atom is 0.223 e. The molecular formula is C16H19FN2O2. The Morgan fingerprint density at radius 3 is 2.95 bits per heavy atom. The third-order valence-corrected chi connectivity index (χ3v) is 2.94. The van der Waals surface area contributed by atoms with Gasteiger partial charge >= 0.3 is 0 Å². The largest absolute Gasteiger partial charge is 0.436 e. The zero-order valence-corrected chi connectivity index (χ0v) is 12.2. The van der Waals surface area contributed by atoms with Gasteiger partial charge in [0.25, 0.3) is 0 Å². The highest BCUT2D eigenvalue weighted by Crippen LogP contribution is 2.26. The Hall–Kier alpha value is -1.98. The second kappa shape index (κ2) is 7.71. The average molecular weight is 290 g/mol. The molecule has 0 fully saturated rings. The molecule has 1 aromatic heterocycles. The lowest BCUT2D eigenvalue weighted by Gasteiger charge is -2.11. The van der Waals surface area contributed by atoms with Crippen LogP contribution in [0.3, 0.4) is 0 Å². The molecule has 0 radical (unpaired) electrons. The van der Waals surface area contributed by atoms with E-state index >= 15 is 0 Å². The Morgan fingerprint density at radius 2 is 2.14 bits per heavy atom. The SMILES string of the molecule is COCCNCc1cccnc1Oc1cc(C)ccc1F. The molecule has 2 aromatic rings. The number of nitrogens with zero attached hydrogens (tertiary/aromatic N) is 1. The molecule has 0 aliphatic carbocycles. The van der Waals surface area contributed by atoms with E-state index in [1.54, 1.807) is 25.4 Å². The normalized spacial score (nSPS) is 10.6. The lowest BCUT2D eigenvalue weighted by molar-refractivity contribution is 0.199. The van der Waals surface area contributed by atoms with E-state index in [9.17, 15) is 4.39 Å². The summed E-state index contributed by atoms with van der Waals surface area (Å²) in [5, 5.41) is 3.22. The number of pyridine rings is 1. The van der Waals surface area contributed by atoms with Crippen LogP contribution in [0.15, 0.2) is 36.5 Å². The Balaban J connectivity index is 2.10. The van der Waals surface area contributed by atoms with Crippen molar-refractivity contribution in [2.45, 2.75) is 13.5 Å². The third kappa shape index (κ3) is 4.51. The molecule has 0 bridgehead atoms. The van der Waals surface area contributed by atoms with Crippen molar-refractivity contribution < 1.29 is 13.9 Å². The molecule has 1 heterocycles. The standard InChI is InChI=1S/C16H19FN2O2/c1-12-5-6-14(17)15(10-12)21-16-13(4-3-7-19-16)11-18-8-9-20-2/h3-7,10,18H,8-9,11H2,1-2H3. The number of nitrogens with one attached hydrogen (secondary N) is 1. The van der Waals surface area contributed by atoms with Crippen molar-refractivity contribution in [2.75, 3.05) is 20.3 Å². The molecule has 0 spiro atoms. The first kappa shape index (κ1) is 15.4. The molecule has 0 amide bonds. The smallest absolute Gasteiger partial charge is 0.223 e. The summed E-state index contributed by atoms with van der Waals surface area (Å²) in [5.74, 6) is 0.198. The fraction of sp³-hybridized carbons (Fsp3) is 0.312. The quantitative estimate of drug-likeness (QED) is 0.796. The summed E-state index contributed by atoms with van der Waals surface area (Å²) in [6.45, 7) is 3.82. The summed E-state index contributed by atoms with van der Waals surface area (Å²) in [6.07, 6.45) is 1.63. The summed E-state index contributed by atoms with van der Waals surface area (Å²) >= 11 is 0. The molecular weight excluding hydrogens is 271 g/mol. The molecule has 2 rings (SSSR count). The van der Waals surface area contributed by atoms with Crippen LogP contribution >= 0.6 is 0 Å². The van der Waals surface area contributed by atoms with E-state index in [-0.39, 0.29) is 5.75 Å². The molecule has 0 aliphatic heterocycles. The lowest BCUT2D eigenvalue weighted by Crippen LogP contribution is -2.19. The van der Waals surface area contributed by atoms with Gasteiger partial charge in [-0.3, -0.25) is 0 Å². The van der Waals surface area contributed by atoms with Gasteiger partial charge < -0.3 is 14.8 Å². The number of ether oxygens (including phenoxy) is 2. The van der Waals surface area contributed by atoms with Gasteiger partial charge in [0.05, 0.1) is 6.61 Å². The first-order valence-electron chi connectivity index (χ1n) is 6.78. The first-order chi connectivity index (χ1) is 10.2. The molecule has 1 N–H and O–H groups in total. The number of aromatic nitrogens is 1. The zero-order valence-electron chi connectivity index (χ0n) is 12.2. The van der Waals surface area contributed by atoms with Crippen molar-refractivity contribution in [1.82, 2.24) is 10.3 Å². The summed E-state index contributed by atoms with van der Waals surface area (Å²) in [5.41, 5.74) is 1.80. The second-order valence-electron chi connectivity index (χ2n) is 4.67. The van der Waals surface area contributed by atoms with Gasteiger partial charge in [0.15, 0.2) is 11.6 Å². The predicted octanol–water partition coefficient (Wildman–Crippen LogP) is 3.06. The van der Waals surface area contributed by atoms with E-state index in [2.05, 4.69) is 10.3 Å². The van der Waals surface area contributed by atoms with Crippen molar-refractivity contribution >= 4 is 0 Å². The second-order valence-corrected chi connectivity index (χ2v) is 4.67. The highest BCUT2D eigenvalue weighted by atomic mass is 19.1. The monoisotopic (exact) mass is 290 g/mol.